The van der Waals surface area contributed by atoms with Crippen LogP contribution in [-0.4, -0.2) is 39.4 Å². The Kier molecular flexibility index (Phi) is 6.32. The molecule has 0 fully saturated rings. The fraction of sp³-hybridized carbons (Fsp3) is 0.273. The predicted molar refractivity (Wildman–Crippen MR) is 111 cm³/mol. The van der Waals surface area contributed by atoms with Crippen molar-refractivity contribution >= 4 is 17.4 Å². The Morgan fingerprint density at radius 2 is 1.89 bits per heavy atom. The zero-order valence-corrected chi connectivity index (χ0v) is 16.5. The third-order valence-electron chi connectivity index (χ3n) is 4.70. The predicted octanol–water partition coefficient (Wildman–Crippen LogP) is 3.80. The van der Waals surface area contributed by atoms with E-state index in [1.165, 1.54) is 11.8 Å². The number of aryl methyl sites for hydroxylation is 2. The third-order valence-corrected chi connectivity index (χ3v) is 4.70. The first-order chi connectivity index (χ1) is 13.6. The maximum atomic E-state index is 12.6. The molecule has 0 saturated heterocycles. The molecule has 3 aromatic rings. The van der Waals surface area contributed by atoms with Crippen LogP contribution >= 0.6 is 0 Å². The second-order valence-corrected chi connectivity index (χ2v) is 6.71. The molecule has 1 aromatic carbocycles. The molecule has 2 heterocycles. The number of anilines is 2. The van der Waals surface area contributed by atoms with Crippen LogP contribution in [0.15, 0.2) is 55.1 Å². The van der Waals surface area contributed by atoms with Crippen molar-refractivity contribution in [2.75, 3.05) is 18.9 Å². The summed E-state index contributed by atoms with van der Waals surface area (Å²) in [6.07, 6.45) is 8.34. The van der Waals surface area contributed by atoms with Gasteiger partial charge in [-0.25, -0.2) is 9.97 Å². The Labute approximate surface area is 165 Å². The molecule has 3 rings (SSSR count). The SMILES string of the molecule is CCc1cccc(C)c1Nc1cnc(C(=O)N(C)CCc2ccncc2)cn1. The van der Waals surface area contributed by atoms with E-state index in [9.17, 15) is 4.79 Å². The molecule has 0 atom stereocenters. The van der Waals surface area contributed by atoms with Gasteiger partial charge in [0.2, 0.25) is 0 Å². The molecule has 1 amide bonds. The molecule has 144 valence electrons. The summed E-state index contributed by atoms with van der Waals surface area (Å²) >= 11 is 0. The van der Waals surface area contributed by atoms with E-state index in [4.69, 9.17) is 0 Å². The van der Waals surface area contributed by atoms with Gasteiger partial charge in [0.15, 0.2) is 0 Å². The number of nitrogens with one attached hydrogen (secondary N) is 1. The van der Waals surface area contributed by atoms with Gasteiger partial charge in [-0.15, -0.1) is 0 Å². The highest BCUT2D eigenvalue weighted by Crippen LogP contribution is 2.24. The molecule has 0 aliphatic heterocycles. The van der Waals surface area contributed by atoms with Crippen molar-refractivity contribution < 1.29 is 4.79 Å². The molecule has 0 spiro atoms. The highest BCUT2D eigenvalue weighted by atomic mass is 16.2. The molecular weight excluding hydrogens is 350 g/mol. The molecule has 0 aliphatic carbocycles. The maximum Gasteiger partial charge on any atom is 0.273 e. The van der Waals surface area contributed by atoms with Gasteiger partial charge in [-0.05, 0) is 48.6 Å². The number of pyridine rings is 1. The lowest BCUT2D eigenvalue weighted by atomic mass is 10.1. The molecule has 0 bridgehead atoms. The highest BCUT2D eigenvalue weighted by molar-refractivity contribution is 5.92. The summed E-state index contributed by atoms with van der Waals surface area (Å²) in [6.45, 7) is 4.79. The van der Waals surface area contributed by atoms with E-state index < -0.39 is 0 Å². The zero-order valence-electron chi connectivity index (χ0n) is 16.5. The van der Waals surface area contributed by atoms with Crippen LogP contribution < -0.4 is 5.32 Å². The number of nitrogens with zero attached hydrogens (tertiary/aromatic N) is 4. The molecule has 1 N–H and O–H groups in total. The molecular formula is C22H25N5O. The molecule has 6 nitrogen and oxygen atoms in total. The van der Waals surface area contributed by atoms with E-state index in [1.807, 2.05) is 12.1 Å². The molecule has 6 heteroatoms. The van der Waals surface area contributed by atoms with Gasteiger partial charge in [-0.1, -0.05) is 25.1 Å². The van der Waals surface area contributed by atoms with Gasteiger partial charge < -0.3 is 10.2 Å². The van der Waals surface area contributed by atoms with Crippen LogP contribution in [-0.2, 0) is 12.8 Å². The fourth-order valence-electron chi connectivity index (χ4n) is 2.98. The summed E-state index contributed by atoms with van der Waals surface area (Å²) < 4.78 is 0. The van der Waals surface area contributed by atoms with Crippen molar-refractivity contribution in [1.82, 2.24) is 19.9 Å². The normalized spacial score (nSPS) is 10.5. The van der Waals surface area contributed by atoms with E-state index in [0.29, 0.717) is 18.1 Å². The van der Waals surface area contributed by atoms with E-state index >= 15 is 0 Å². The summed E-state index contributed by atoms with van der Waals surface area (Å²) in [5, 5.41) is 3.33. The summed E-state index contributed by atoms with van der Waals surface area (Å²) in [4.78, 5) is 26.9. The van der Waals surface area contributed by atoms with Gasteiger partial charge >= 0.3 is 0 Å². The lowest BCUT2D eigenvalue weighted by Crippen LogP contribution is -2.29. The Morgan fingerprint density at radius 3 is 2.57 bits per heavy atom. The van der Waals surface area contributed by atoms with Crippen molar-refractivity contribution in [2.45, 2.75) is 26.7 Å². The Hall–Kier alpha value is -3.28. The molecule has 0 unspecified atom stereocenters. The van der Waals surface area contributed by atoms with Crippen LogP contribution in [0.1, 0.15) is 34.1 Å². The largest absolute Gasteiger partial charge is 0.340 e. The summed E-state index contributed by atoms with van der Waals surface area (Å²) in [5.74, 6) is 0.484. The van der Waals surface area contributed by atoms with Gasteiger partial charge in [0.05, 0.1) is 12.4 Å². The number of amides is 1. The lowest BCUT2D eigenvalue weighted by molar-refractivity contribution is 0.0790. The van der Waals surface area contributed by atoms with Crippen molar-refractivity contribution in [3.63, 3.8) is 0 Å². The van der Waals surface area contributed by atoms with Gasteiger partial charge in [0.1, 0.15) is 11.5 Å². The maximum absolute atomic E-state index is 12.6. The number of hydrogen-bond acceptors (Lipinski definition) is 5. The first kappa shape index (κ1) is 19.5. The molecule has 0 aliphatic rings. The van der Waals surface area contributed by atoms with Crippen molar-refractivity contribution in [1.29, 1.82) is 0 Å². The van der Waals surface area contributed by atoms with Gasteiger partial charge in [-0.3, -0.25) is 9.78 Å². The number of benzene rings is 1. The van der Waals surface area contributed by atoms with Crippen LogP contribution in [0.4, 0.5) is 11.5 Å². The van der Waals surface area contributed by atoms with Crippen LogP contribution in [0.2, 0.25) is 0 Å². The second kappa shape index (κ2) is 9.08. The summed E-state index contributed by atoms with van der Waals surface area (Å²) in [5.41, 5.74) is 4.90. The first-order valence-corrected chi connectivity index (χ1v) is 9.40. The van der Waals surface area contributed by atoms with Crippen LogP contribution in [0.5, 0.6) is 0 Å². The zero-order chi connectivity index (χ0) is 19.9. The van der Waals surface area contributed by atoms with Gasteiger partial charge in [0.25, 0.3) is 5.91 Å². The van der Waals surface area contributed by atoms with Gasteiger partial charge in [0, 0.05) is 31.7 Å². The van der Waals surface area contributed by atoms with Crippen LogP contribution in [0.3, 0.4) is 0 Å². The molecule has 28 heavy (non-hydrogen) atoms. The molecule has 2 aromatic heterocycles. The number of aromatic nitrogens is 3. The minimum atomic E-state index is -0.141. The van der Waals surface area contributed by atoms with E-state index in [1.54, 1.807) is 30.5 Å². The molecule has 0 radical (unpaired) electrons. The minimum absolute atomic E-state index is 0.141. The lowest BCUT2D eigenvalue weighted by Gasteiger charge is -2.17. The number of carbonyl (C=O) groups excluding carboxylic acids is 1. The second-order valence-electron chi connectivity index (χ2n) is 6.71. The molecule has 0 saturated carbocycles. The van der Waals surface area contributed by atoms with Crippen molar-refractivity contribution in [3.8, 4) is 0 Å². The first-order valence-electron chi connectivity index (χ1n) is 9.40. The standard InChI is InChI=1S/C22H25N5O/c1-4-18-7-5-6-16(2)21(18)26-20-15-24-19(14-25-20)22(28)27(3)13-10-17-8-11-23-12-9-17/h5-9,11-12,14-15H,4,10,13H2,1-3H3,(H,25,26). The highest BCUT2D eigenvalue weighted by Gasteiger charge is 2.14. The van der Waals surface area contributed by atoms with Gasteiger partial charge in [-0.2, -0.15) is 0 Å². The van der Waals surface area contributed by atoms with E-state index in [-0.39, 0.29) is 5.91 Å². The fourth-order valence-corrected chi connectivity index (χ4v) is 2.98. The number of rotatable bonds is 7. The van der Waals surface area contributed by atoms with Crippen LogP contribution in [0.25, 0.3) is 0 Å². The number of carbonyl (C=O) groups is 1. The Morgan fingerprint density at radius 1 is 1.11 bits per heavy atom. The topological polar surface area (TPSA) is 71.0 Å². The summed E-state index contributed by atoms with van der Waals surface area (Å²) in [6, 6.07) is 10.1. The van der Waals surface area contributed by atoms with E-state index in [2.05, 4.69) is 52.3 Å². The minimum Gasteiger partial charge on any atom is -0.340 e. The summed E-state index contributed by atoms with van der Waals surface area (Å²) in [7, 11) is 1.78. The average Bonchev–Trinajstić information content (AvgIpc) is 2.74. The Bertz CT molecular complexity index is 925. The number of para-hydroxylation sites is 1. The van der Waals surface area contributed by atoms with Crippen molar-refractivity contribution in [2.24, 2.45) is 0 Å². The van der Waals surface area contributed by atoms with E-state index in [0.717, 1.165) is 29.7 Å². The average molecular weight is 375 g/mol. The van der Waals surface area contributed by atoms with Crippen LogP contribution in [0, 0.1) is 6.92 Å². The third kappa shape index (κ3) is 4.71. The number of likely N-dealkylation sites (N-methyl/N-ethyl adjacent to an activating group) is 1. The van der Waals surface area contributed by atoms with Crippen molar-refractivity contribution in [3.05, 3.63) is 77.5 Å². The Balaban J connectivity index is 1.64. The quantitative estimate of drug-likeness (QED) is 0.680. The number of hydrogen-bond donors (Lipinski definition) is 1. The smallest absolute Gasteiger partial charge is 0.273 e. The monoisotopic (exact) mass is 375 g/mol.